The van der Waals surface area contributed by atoms with E-state index in [4.69, 9.17) is 0 Å². The number of carbonyl (C=O) groups excluding carboxylic acids is 1. The van der Waals surface area contributed by atoms with Gasteiger partial charge in [-0.3, -0.25) is 4.79 Å². The standard InChI is InChI=1S/C19H34O2/c1-3-4-5-6-7-8-9-10-11-12-13-14-15-16-17-18-19(20)21-2/h7-8,14-15H,3-6,9-13,16-18H2,1-2H3/b8-7-,15-14-. The fraction of sp³-hybridized carbons (Fsp3) is 0.737. The van der Waals surface area contributed by atoms with E-state index >= 15 is 0 Å². The van der Waals surface area contributed by atoms with E-state index in [1.165, 1.54) is 64.9 Å². The highest BCUT2D eigenvalue weighted by molar-refractivity contribution is 5.68. The zero-order valence-corrected chi connectivity index (χ0v) is 14.1. The Hall–Kier alpha value is -1.05. The normalized spacial score (nSPS) is 11.5. The molecule has 0 spiro atoms. The number of rotatable bonds is 14. The van der Waals surface area contributed by atoms with E-state index in [0.29, 0.717) is 6.42 Å². The van der Waals surface area contributed by atoms with Crippen molar-refractivity contribution in [1.82, 2.24) is 0 Å². The van der Waals surface area contributed by atoms with Crippen molar-refractivity contribution < 1.29 is 9.53 Å². The van der Waals surface area contributed by atoms with E-state index in [1.54, 1.807) is 0 Å². The van der Waals surface area contributed by atoms with Crippen molar-refractivity contribution in [2.75, 3.05) is 7.11 Å². The maximum absolute atomic E-state index is 10.9. The fourth-order valence-electron chi connectivity index (χ4n) is 2.15. The van der Waals surface area contributed by atoms with Gasteiger partial charge in [-0.05, 0) is 51.4 Å². The second-order valence-electron chi connectivity index (χ2n) is 5.54. The number of methoxy groups -OCH3 is 1. The molecule has 0 aromatic rings. The zero-order chi connectivity index (χ0) is 15.6. The highest BCUT2D eigenvalue weighted by Crippen LogP contribution is 2.07. The van der Waals surface area contributed by atoms with Crippen LogP contribution in [0.4, 0.5) is 0 Å². The summed E-state index contributed by atoms with van der Waals surface area (Å²) in [6.45, 7) is 2.25. The largest absolute Gasteiger partial charge is 0.469 e. The van der Waals surface area contributed by atoms with Gasteiger partial charge in [-0.1, -0.05) is 50.5 Å². The number of carbonyl (C=O) groups is 1. The molecule has 0 aliphatic heterocycles. The summed E-state index contributed by atoms with van der Waals surface area (Å²) < 4.78 is 4.60. The van der Waals surface area contributed by atoms with Crippen molar-refractivity contribution in [3.63, 3.8) is 0 Å². The topological polar surface area (TPSA) is 26.3 Å². The predicted molar refractivity (Wildman–Crippen MR) is 91.4 cm³/mol. The summed E-state index contributed by atoms with van der Waals surface area (Å²) in [4.78, 5) is 10.9. The van der Waals surface area contributed by atoms with Gasteiger partial charge in [0.25, 0.3) is 0 Å². The molecule has 122 valence electrons. The average Bonchev–Trinajstić information content (AvgIpc) is 2.50. The van der Waals surface area contributed by atoms with Gasteiger partial charge in [0.05, 0.1) is 7.11 Å². The Morgan fingerprint density at radius 1 is 0.762 bits per heavy atom. The van der Waals surface area contributed by atoms with Crippen LogP contribution in [0.1, 0.15) is 84.0 Å². The molecule has 0 N–H and O–H groups in total. The first-order valence-corrected chi connectivity index (χ1v) is 8.68. The minimum absolute atomic E-state index is 0.105. The summed E-state index contributed by atoms with van der Waals surface area (Å²) in [6, 6.07) is 0. The smallest absolute Gasteiger partial charge is 0.305 e. The lowest BCUT2D eigenvalue weighted by molar-refractivity contribution is -0.140. The van der Waals surface area contributed by atoms with Crippen LogP contribution in [0.2, 0.25) is 0 Å². The predicted octanol–water partition coefficient (Wildman–Crippen LogP) is 5.97. The first kappa shape index (κ1) is 19.9. The van der Waals surface area contributed by atoms with Crippen molar-refractivity contribution in [2.24, 2.45) is 0 Å². The highest BCUT2D eigenvalue weighted by atomic mass is 16.5. The Bertz CT molecular complexity index is 279. The Kier molecular flexibility index (Phi) is 16.2. The second kappa shape index (κ2) is 17.0. The van der Waals surface area contributed by atoms with Gasteiger partial charge < -0.3 is 4.74 Å². The lowest BCUT2D eigenvalue weighted by Crippen LogP contribution is -1.98. The van der Waals surface area contributed by atoms with Gasteiger partial charge in [-0.15, -0.1) is 0 Å². The van der Waals surface area contributed by atoms with Crippen LogP contribution < -0.4 is 0 Å². The van der Waals surface area contributed by atoms with E-state index in [-0.39, 0.29) is 5.97 Å². The molecule has 2 nitrogen and oxygen atoms in total. The molecule has 21 heavy (non-hydrogen) atoms. The van der Waals surface area contributed by atoms with Gasteiger partial charge in [0.2, 0.25) is 0 Å². The molecule has 0 aliphatic carbocycles. The molecule has 0 amide bonds. The van der Waals surface area contributed by atoms with E-state index in [1.807, 2.05) is 0 Å². The molecule has 0 fully saturated rings. The number of unbranched alkanes of at least 4 members (excludes halogenated alkanes) is 8. The highest BCUT2D eigenvalue weighted by Gasteiger charge is 1.96. The van der Waals surface area contributed by atoms with Crippen molar-refractivity contribution in [2.45, 2.75) is 84.0 Å². The number of esters is 1. The van der Waals surface area contributed by atoms with Gasteiger partial charge in [0.1, 0.15) is 0 Å². The third-order valence-corrected chi connectivity index (χ3v) is 3.53. The maximum atomic E-state index is 10.9. The van der Waals surface area contributed by atoms with Crippen LogP contribution in [-0.2, 0) is 9.53 Å². The molecule has 0 heterocycles. The number of hydrogen-bond acceptors (Lipinski definition) is 2. The molecule has 0 atom stereocenters. The third-order valence-electron chi connectivity index (χ3n) is 3.53. The van der Waals surface area contributed by atoms with Crippen molar-refractivity contribution in [1.29, 1.82) is 0 Å². The third kappa shape index (κ3) is 16.9. The molecule has 0 saturated heterocycles. The first-order valence-electron chi connectivity index (χ1n) is 8.68. The van der Waals surface area contributed by atoms with Gasteiger partial charge >= 0.3 is 5.97 Å². The van der Waals surface area contributed by atoms with Crippen molar-refractivity contribution >= 4 is 5.97 Å². The van der Waals surface area contributed by atoms with Crippen LogP contribution in [0, 0.1) is 0 Å². The Morgan fingerprint density at radius 3 is 1.71 bits per heavy atom. The summed E-state index contributed by atoms with van der Waals surface area (Å²) in [5.41, 5.74) is 0. The van der Waals surface area contributed by atoms with E-state index in [0.717, 1.165) is 12.8 Å². The summed E-state index contributed by atoms with van der Waals surface area (Å²) in [6.07, 6.45) is 23.1. The lowest BCUT2D eigenvalue weighted by Gasteiger charge is -1.97. The minimum atomic E-state index is -0.105. The minimum Gasteiger partial charge on any atom is -0.469 e. The monoisotopic (exact) mass is 294 g/mol. The van der Waals surface area contributed by atoms with Crippen LogP contribution in [0.25, 0.3) is 0 Å². The summed E-state index contributed by atoms with van der Waals surface area (Å²) in [5.74, 6) is -0.105. The summed E-state index contributed by atoms with van der Waals surface area (Å²) in [5, 5.41) is 0. The van der Waals surface area contributed by atoms with Gasteiger partial charge in [-0.25, -0.2) is 0 Å². The van der Waals surface area contributed by atoms with E-state index < -0.39 is 0 Å². The number of ether oxygens (including phenoxy) is 1. The van der Waals surface area contributed by atoms with Crippen molar-refractivity contribution in [3.05, 3.63) is 24.3 Å². The second-order valence-corrected chi connectivity index (χ2v) is 5.54. The van der Waals surface area contributed by atoms with Crippen LogP contribution in [0.5, 0.6) is 0 Å². The molecule has 0 aromatic heterocycles. The molecule has 0 aliphatic rings. The van der Waals surface area contributed by atoms with Crippen LogP contribution in [0.3, 0.4) is 0 Å². The van der Waals surface area contributed by atoms with Gasteiger partial charge in [-0.2, -0.15) is 0 Å². The van der Waals surface area contributed by atoms with Crippen LogP contribution >= 0.6 is 0 Å². The molecule has 0 saturated carbocycles. The Balaban J connectivity index is 3.19. The zero-order valence-electron chi connectivity index (χ0n) is 14.1. The van der Waals surface area contributed by atoms with Crippen LogP contribution in [-0.4, -0.2) is 13.1 Å². The summed E-state index contributed by atoms with van der Waals surface area (Å²) in [7, 11) is 1.44. The Labute approximate surface area is 131 Å². The quantitative estimate of drug-likeness (QED) is 0.224. The first-order chi connectivity index (χ1) is 10.3. The SMILES string of the molecule is CCCCC/C=C\CCCCC/C=C\CCCC(=O)OC. The lowest BCUT2D eigenvalue weighted by atomic mass is 10.1. The number of allylic oxidation sites excluding steroid dienone is 4. The molecular weight excluding hydrogens is 260 g/mol. The molecule has 0 rings (SSSR count). The molecule has 0 bridgehead atoms. The fourth-order valence-corrected chi connectivity index (χ4v) is 2.15. The van der Waals surface area contributed by atoms with Crippen molar-refractivity contribution in [3.8, 4) is 0 Å². The Morgan fingerprint density at radius 2 is 1.24 bits per heavy atom. The molecule has 0 radical (unpaired) electrons. The molecule has 0 aromatic carbocycles. The molecule has 2 heteroatoms. The van der Waals surface area contributed by atoms with Crippen LogP contribution in [0.15, 0.2) is 24.3 Å². The molecular formula is C19H34O2. The van der Waals surface area contributed by atoms with E-state index in [9.17, 15) is 4.79 Å². The molecule has 0 unspecified atom stereocenters. The number of hydrogen-bond donors (Lipinski definition) is 0. The maximum Gasteiger partial charge on any atom is 0.305 e. The average molecular weight is 294 g/mol. The van der Waals surface area contributed by atoms with Gasteiger partial charge in [0, 0.05) is 6.42 Å². The van der Waals surface area contributed by atoms with E-state index in [2.05, 4.69) is 36.0 Å². The summed E-state index contributed by atoms with van der Waals surface area (Å²) >= 11 is 0. The van der Waals surface area contributed by atoms with Gasteiger partial charge in [0.15, 0.2) is 0 Å².